The number of hydrogen-bond donors (Lipinski definition) is 2. The zero-order chi connectivity index (χ0) is 26.4. The first-order valence-corrected chi connectivity index (χ1v) is 13.4. The Kier molecular flexibility index (Phi) is 8.82. The molecule has 0 aliphatic carbocycles. The summed E-state index contributed by atoms with van der Waals surface area (Å²) >= 11 is 0. The van der Waals surface area contributed by atoms with Crippen molar-refractivity contribution in [3.05, 3.63) is 60.2 Å². The van der Waals surface area contributed by atoms with Gasteiger partial charge in [0.1, 0.15) is 0 Å². The maximum absolute atomic E-state index is 13.2. The third-order valence-electron chi connectivity index (χ3n) is 7.38. The van der Waals surface area contributed by atoms with Crippen molar-refractivity contribution in [2.75, 3.05) is 46.8 Å². The fraction of sp³-hybridized carbons (Fsp3) is 0.483. The van der Waals surface area contributed by atoms with E-state index in [1.54, 1.807) is 0 Å². The van der Waals surface area contributed by atoms with Crippen molar-refractivity contribution in [1.29, 1.82) is 0 Å². The van der Waals surface area contributed by atoms with Crippen LogP contribution in [0.25, 0.3) is 10.9 Å². The summed E-state index contributed by atoms with van der Waals surface area (Å²) < 4.78 is 0. The Balaban J connectivity index is 1.39. The molecule has 0 spiro atoms. The van der Waals surface area contributed by atoms with E-state index in [9.17, 15) is 4.79 Å². The molecule has 2 aromatic rings. The maximum atomic E-state index is 13.2. The minimum Gasteiger partial charge on any atom is -0.386 e. The van der Waals surface area contributed by atoms with Crippen LogP contribution in [0.3, 0.4) is 0 Å². The number of rotatable bonds is 9. The van der Waals surface area contributed by atoms with E-state index in [2.05, 4.69) is 52.7 Å². The molecule has 0 radical (unpaired) electrons. The minimum atomic E-state index is 0.0956. The van der Waals surface area contributed by atoms with Gasteiger partial charge in [-0.05, 0) is 70.0 Å². The maximum Gasteiger partial charge on any atom is 0.253 e. The number of piperidine rings is 1. The standard InChI is InChI=1S/C29H41N7O/c1-6-14-34(4)17-13-30-21(2)19-32-27-22(3)33-20-35(5)28(27)23-10-15-36(16-11-23)29(37)25-7-8-26-24(18-25)9-12-31-26/h7-9,12,18-20,23,28,30-31H,3,6,10-11,13-17H2,1-2,4-5H3/b21-19+,32-27?. The molecular weight excluding hydrogens is 462 g/mol. The number of aliphatic imine (C=N–C) groups is 2. The molecule has 8 nitrogen and oxygen atoms in total. The Bertz CT molecular complexity index is 1190. The number of likely N-dealkylation sites (N-methyl/N-ethyl adjacent to an activating group) is 1. The van der Waals surface area contributed by atoms with E-state index in [1.807, 2.05) is 54.8 Å². The smallest absolute Gasteiger partial charge is 0.253 e. The lowest BCUT2D eigenvalue weighted by molar-refractivity contribution is 0.0671. The molecule has 1 saturated heterocycles. The number of aromatic amines is 1. The van der Waals surface area contributed by atoms with E-state index in [4.69, 9.17) is 4.99 Å². The van der Waals surface area contributed by atoms with Crippen LogP contribution in [0, 0.1) is 5.92 Å². The minimum absolute atomic E-state index is 0.0956. The summed E-state index contributed by atoms with van der Waals surface area (Å²) in [5, 5.41) is 4.52. The molecule has 1 fully saturated rings. The van der Waals surface area contributed by atoms with Crippen LogP contribution in [0.5, 0.6) is 0 Å². The molecule has 198 valence electrons. The largest absolute Gasteiger partial charge is 0.386 e. The third kappa shape index (κ3) is 6.49. The van der Waals surface area contributed by atoms with E-state index in [0.717, 1.165) is 79.9 Å². The van der Waals surface area contributed by atoms with Crippen molar-refractivity contribution in [2.45, 2.75) is 39.2 Å². The molecule has 8 heteroatoms. The predicted octanol–water partition coefficient (Wildman–Crippen LogP) is 4.11. The van der Waals surface area contributed by atoms with Gasteiger partial charge in [-0.25, -0.2) is 4.99 Å². The number of nitrogens with zero attached hydrogens (tertiary/aromatic N) is 5. The van der Waals surface area contributed by atoms with E-state index < -0.39 is 0 Å². The lowest BCUT2D eigenvalue weighted by Crippen LogP contribution is -2.50. The van der Waals surface area contributed by atoms with Crippen LogP contribution in [-0.2, 0) is 0 Å². The summed E-state index contributed by atoms with van der Waals surface area (Å²) in [6.07, 6.45) is 8.65. The molecule has 2 aliphatic heterocycles. The number of amides is 1. The monoisotopic (exact) mass is 503 g/mol. The Hall–Kier alpha value is -3.39. The first-order chi connectivity index (χ1) is 17.9. The van der Waals surface area contributed by atoms with Crippen molar-refractivity contribution >= 4 is 28.9 Å². The van der Waals surface area contributed by atoms with E-state index in [1.165, 1.54) is 0 Å². The number of likely N-dealkylation sites (tertiary alicyclic amines) is 1. The van der Waals surface area contributed by atoms with Crippen LogP contribution in [0.4, 0.5) is 0 Å². The highest BCUT2D eigenvalue weighted by Crippen LogP contribution is 2.29. The highest BCUT2D eigenvalue weighted by molar-refractivity contribution is 6.07. The quantitative estimate of drug-likeness (QED) is 0.540. The van der Waals surface area contributed by atoms with Gasteiger partial charge in [0.2, 0.25) is 0 Å². The van der Waals surface area contributed by atoms with Crippen molar-refractivity contribution in [2.24, 2.45) is 15.9 Å². The van der Waals surface area contributed by atoms with Gasteiger partial charge in [-0.15, -0.1) is 0 Å². The van der Waals surface area contributed by atoms with Gasteiger partial charge in [-0.1, -0.05) is 13.5 Å². The second-order valence-electron chi connectivity index (χ2n) is 10.3. The van der Waals surface area contributed by atoms with Crippen LogP contribution in [0.15, 0.2) is 64.6 Å². The van der Waals surface area contributed by atoms with Gasteiger partial charge in [-0.3, -0.25) is 9.79 Å². The zero-order valence-electron chi connectivity index (χ0n) is 22.7. The molecule has 3 heterocycles. The Morgan fingerprint density at radius 1 is 1.30 bits per heavy atom. The van der Waals surface area contributed by atoms with E-state index in [0.29, 0.717) is 11.6 Å². The van der Waals surface area contributed by atoms with Gasteiger partial charge < -0.3 is 25.0 Å². The molecule has 1 unspecified atom stereocenters. The predicted molar refractivity (Wildman–Crippen MR) is 153 cm³/mol. The van der Waals surface area contributed by atoms with E-state index >= 15 is 0 Å². The second kappa shape index (κ2) is 12.2. The number of hydrogen-bond acceptors (Lipinski definition) is 6. The van der Waals surface area contributed by atoms with Crippen molar-refractivity contribution in [1.82, 2.24) is 25.0 Å². The van der Waals surface area contributed by atoms with Crippen molar-refractivity contribution in [3.8, 4) is 0 Å². The molecule has 1 amide bonds. The van der Waals surface area contributed by atoms with Gasteiger partial charge in [-0.2, -0.15) is 0 Å². The number of carbonyl (C=O) groups is 1. The number of H-pyrrole nitrogens is 1. The summed E-state index contributed by atoms with van der Waals surface area (Å²) in [6, 6.07) is 7.97. The Morgan fingerprint density at radius 3 is 2.84 bits per heavy atom. The van der Waals surface area contributed by atoms with Gasteiger partial charge in [0.25, 0.3) is 5.91 Å². The van der Waals surface area contributed by atoms with Crippen LogP contribution >= 0.6 is 0 Å². The number of allylic oxidation sites excluding steroid dienone is 1. The summed E-state index contributed by atoms with van der Waals surface area (Å²) in [6.45, 7) is 12.9. The van der Waals surface area contributed by atoms with Crippen LogP contribution in [0.2, 0.25) is 0 Å². The fourth-order valence-electron chi connectivity index (χ4n) is 5.31. The molecule has 1 aromatic carbocycles. The van der Waals surface area contributed by atoms with Gasteiger partial charge in [0.15, 0.2) is 0 Å². The molecule has 1 atom stereocenters. The molecule has 1 aromatic heterocycles. The normalized spacial score (nSPS) is 20.5. The first kappa shape index (κ1) is 26.7. The number of nitrogens with one attached hydrogen (secondary N) is 2. The van der Waals surface area contributed by atoms with Gasteiger partial charge >= 0.3 is 0 Å². The Labute approximate surface area is 220 Å². The summed E-state index contributed by atoms with van der Waals surface area (Å²) in [5.74, 6) is 0.473. The molecule has 0 bridgehead atoms. The number of benzene rings is 1. The van der Waals surface area contributed by atoms with Crippen LogP contribution < -0.4 is 5.32 Å². The summed E-state index contributed by atoms with van der Waals surface area (Å²) in [7, 11) is 4.20. The van der Waals surface area contributed by atoms with Gasteiger partial charge in [0.05, 0.1) is 23.8 Å². The average Bonchev–Trinajstić information content (AvgIpc) is 3.37. The third-order valence-corrected chi connectivity index (χ3v) is 7.38. The molecule has 37 heavy (non-hydrogen) atoms. The van der Waals surface area contributed by atoms with E-state index in [-0.39, 0.29) is 11.9 Å². The number of carbonyl (C=O) groups excluding carboxylic acids is 1. The lowest BCUT2D eigenvalue weighted by atomic mass is 9.84. The molecular formula is C29H41N7O. The molecule has 2 N–H and O–H groups in total. The molecule has 4 rings (SSSR count). The van der Waals surface area contributed by atoms with Crippen molar-refractivity contribution < 1.29 is 4.79 Å². The van der Waals surface area contributed by atoms with Crippen LogP contribution in [0.1, 0.15) is 43.5 Å². The van der Waals surface area contributed by atoms with Crippen LogP contribution in [-0.4, -0.2) is 90.5 Å². The average molecular weight is 504 g/mol. The highest BCUT2D eigenvalue weighted by Gasteiger charge is 2.36. The Morgan fingerprint density at radius 2 is 2.08 bits per heavy atom. The molecule has 0 saturated carbocycles. The van der Waals surface area contributed by atoms with Gasteiger partial charge in [0, 0.05) is 67.8 Å². The first-order valence-electron chi connectivity index (χ1n) is 13.4. The topological polar surface area (TPSA) is 79.3 Å². The summed E-state index contributed by atoms with van der Waals surface area (Å²) in [5.41, 5.74) is 4.45. The lowest BCUT2D eigenvalue weighted by Gasteiger charge is -2.41. The fourth-order valence-corrected chi connectivity index (χ4v) is 5.31. The number of fused-ring (bicyclic) bond motifs is 1. The SMILES string of the molecule is C=C1N=CN(C)C(C2CCN(C(=O)c3ccc4[nH]ccc4c3)CC2)C1=N/C=C(\C)NCCN(C)CCC. The summed E-state index contributed by atoms with van der Waals surface area (Å²) in [4.78, 5) is 32.2. The highest BCUT2D eigenvalue weighted by atomic mass is 16.2. The zero-order valence-corrected chi connectivity index (χ0v) is 22.7. The van der Waals surface area contributed by atoms with Crippen molar-refractivity contribution in [3.63, 3.8) is 0 Å². The second-order valence-corrected chi connectivity index (χ2v) is 10.3. The molecule has 2 aliphatic rings. The number of aromatic nitrogens is 1.